The fourth-order valence-corrected chi connectivity index (χ4v) is 2.78. The van der Waals surface area contributed by atoms with Crippen LogP contribution >= 0.6 is 0 Å². The number of rotatable bonds is 7. The summed E-state index contributed by atoms with van der Waals surface area (Å²) in [6.07, 6.45) is 0.268. The number of hydrazine groups is 1. The van der Waals surface area contributed by atoms with Crippen LogP contribution in [0.5, 0.6) is 11.6 Å². The topological polar surface area (TPSA) is 135 Å². The monoisotopic (exact) mass is 407 g/mol. The molecule has 9 nitrogen and oxygen atoms in total. The van der Waals surface area contributed by atoms with Crippen LogP contribution in [0.1, 0.15) is 24.2 Å². The Kier molecular flexibility index (Phi) is 5.69. The fraction of sp³-hybridized carbons (Fsp3) is 0.389. The van der Waals surface area contributed by atoms with Crippen LogP contribution in [0.4, 0.5) is 14.7 Å². The van der Waals surface area contributed by atoms with E-state index in [0.717, 1.165) is 0 Å². The van der Waals surface area contributed by atoms with E-state index in [-0.39, 0.29) is 37.0 Å². The first kappa shape index (κ1) is 20.5. The Hall–Kier alpha value is -3.21. The molecule has 0 atom stereocenters. The van der Waals surface area contributed by atoms with Gasteiger partial charge in [0.15, 0.2) is 0 Å². The van der Waals surface area contributed by atoms with Crippen LogP contribution < -0.4 is 21.6 Å². The number of halogens is 2. The number of aromatic hydroxyl groups is 1. The molecule has 0 amide bonds. The van der Waals surface area contributed by atoms with Crippen molar-refractivity contribution in [3.05, 3.63) is 41.5 Å². The second-order valence-corrected chi connectivity index (χ2v) is 6.85. The Morgan fingerprint density at radius 3 is 2.69 bits per heavy atom. The highest BCUT2D eigenvalue weighted by molar-refractivity contribution is 5.64. The summed E-state index contributed by atoms with van der Waals surface area (Å²) in [7, 11) is 1.62. The molecule has 0 bridgehead atoms. The third-order valence-corrected chi connectivity index (χ3v) is 4.45. The van der Waals surface area contributed by atoms with Gasteiger partial charge in [0.25, 0.3) is 5.92 Å². The fourth-order valence-electron chi connectivity index (χ4n) is 2.78. The molecule has 0 saturated heterocycles. The average Bonchev–Trinajstić information content (AvgIpc) is 2.62. The second kappa shape index (κ2) is 8.03. The van der Waals surface area contributed by atoms with E-state index in [0.29, 0.717) is 22.8 Å². The van der Waals surface area contributed by atoms with Gasteiger partial charge in [-0.05, 0) is 19.1 Å². The van der Waals surface area contributed by atoms with Crippen LogP contribution in [-0.2, 0) is 0 Å². The molecule has 1 fully saturated rings. The first-order valence-corrected chi connectivity index (χ1v) is 8.90. The van der Waals surface area contributed by atoms with E-state index in [2.05, 4.69) is 20.3 Å². The largest absolute Gasteiger partial charge is 0.506 e. The third-order valence-electron chi connectivity index (χ3n) is 4.45. The van der Waals surface area contributed by atoms with Gasteiger partial charge in [-0.1, -0.05) is 0 Å². The van der Waals surface area contributed by atoms with Gasteiger partial charge >= 0.3 is 0 Å². The van der Waals surface area contributed by atoms with Crippen molar-refractivity contribution < 1.29 is 18.6 Å². The summed E-state index contributed by atoms with van der Waals surface area (Å²) in [5, 5.41) is 13.9. The van der Waals surface area contributed by atoms with Crippen LogP contribution in [-0.4, -0.2) is 50.7 Å². The molecular weight excluding hydrogens is 384 g/mol. The van der Waals surface area contributed by atoms with Gasteiger partial charge in [-0.15, -0.1) is 0 Å². The van der Waals surface area contributed by atoms with Crippen LogP contribution in [0.3, 0.4) is 0 Å². The lowest BCUT2D eigenvalue weighted by molar-refractivity contribution is -0.135. The highest BCUT2D eigenvalue weighted by Crippen LogP contribution is 2.39. The maximum Gasteiger partial charge on any atom is 0.255 e. The number of ether oxygens (including phenoxy) is 1. The molecule has 0 spiro atoms. The number of alkyl halides is 2. The Labute approximate surface area is 166 Å². The molecule has 0 aliphatic heterocycles. The first-order valence-electron chi connectivity index (χ1n) is 8.90. The predicted molar refractivity (Wildman–Crippen MR) is 103 cm³/mol. The van der Waals surface area contributed by atoms with Crippen molar-refractivity contribution in [2.24, 2.45) is 11.6 Å². The molecule has 0 aromatic carbocycles. The molecule has 1 aliphatic carbocycles. The molecule has 0 unspecified atom stereocenters. The maximum absolute atomic E-state index is 12.9. The van der Waals surface area contributed by atoms with Crippen LogP contribution in [0.15, 0.2) is 30.1 Å². The zero-order valence-electron chi connectivity index (χ0n) is 16.1. The summed E-state index contributed by atoms with van der Waals surface area (Å²) >= 11 is 0. The average molecular weight is 407 g/mol. The second-order valence-electron chi connectivity index (χ2n) is 6.85. The zero-order valence-corrected chi connectivity index (χ0v) is 16.1. The number of nitrogens with two attached hydrogens (primary N) is 2. The van der Waals surface area contributed by atoms with Gasteiger partial charge < -0.3 is 25.9 Å². The number of nitrogens with one attached hydrogen (secondary N) is 1. The van der Waals surface area contributed by atoms with Crippen molar-refractivity contribution in [2.45, 2.75) is 31.8 Å². The summed E-state index contributed by atoms with van der Waals surface area (Å²) < 4.78 is 31.3. The quantitative estimate of drug-likeness (QED) is 0.399. The predicted octanol–water partition coefficient (Wildman–Crippen LogP) is 1.61. The highest BCUT2D eigenvalue weighted by atomic mass is 19.3. The molecule has 2 aromatic heterocycles. The van der Waals surface area contributed by atoms with E-state index in [4.69, 9.17) is 16.3 Å². The lowest BCUT2D eigenvalue weighted by atomic mass is 9.91. The number of aryl methyl sites for hydroxylation is 1. The van der Waals surface area contributed by atoms with Crippen molar-refractivity contribution in [2.75, 3.05) is 18.9 Å². The van der Waals surface area contributed by atoms with Gasteiger partial charge in [-0.25, -0.2) is 24.6 Å². The van der Waals surface area contributed by atoms with Crippen LogP contribution in [0.2, 0.25) is 0 Å². The minimum Gasteiger partial charge on any atom is -0.506 e. The van der Waals surface area contributed by atoms with Crippen molar-refractivity contribution >= 4 is 11.6 Å². The van der Waals surface area contributed by atoms with E-state index < -0.39 is 12.0 Å². The smallest absolute Gasteiger partial charge is 0.255 e. The van der Waals surface area contributed by atoms with Gasteiger partial charge in [-0.2, -0.15) is 4.98 Å². The SMILES string of the molecule is Cc1nc(/C(N)=C(\CNc2nccc(OC3CC(F)(F)C3)n2)N(C)N)ccc1O. The van der Waals surface area contributed by atoms with Crippen molar-refractivity contribution in [3.63, 3.8) is 0 Å². The molecule has 11 heteroatoms. The van der Waals surface area contributed by atoms with E-state index in [1.54, 1.807) is 20.0 Å². The van der Waals surface area contributed by atoms with E-state index in [1.165, 1.54) is 23.3 Å². The van der Waals surface area contributed by atoms with Gasteiger partial charge in [0.1, 0.15) is 11.9 Å². The molecule has 2 aromatic rings. The molecule has 0 radical (unpaired) electrons. The number of nitrogens with zero attached hydrogens (tertiary/aromatic N) is 4. The minimum absolute atomic E-state index is 0.0665. The van der Waals surface area contributed by atoms with Gasteiger partial charge in [0, 0.05) is 32.2 Å². The normalized spacial score (nSPS) is 16.6. The minimum atomic E-state index is -2.66. The van der Waals surface area contributed by atoms with Crippen LogP contribution in [0, 0.1) is 6.92 Å². The van der Waals surface area contributed by atoms with E-state index in [9.17, 15) is 13.9 Å². The maximum atomic E-state index is 12.9. The van der Waals surface area contributed by atoms with E-state index >= 15 is 0 Å². The standard InChI is InChI=1S/C18H23F2N7O2/c1-10-14(28)4-3-12(25-10)16(21)13(27(2)22)9-24-17-23-6-5-15(26-17)29-11-7-18(19,20)8-11/h3-6,11,28H,7-9,21-22H2,1-2H3,(H,23,24,26)/b16-13-. The summed E-state index contributed by atoms with van der Waals surface area (Å²) in [5.74, 6) is 3.74. The van der Waals surface area contributed by atoms with Gasteiger partial charge in [0.2, 0.25) is 11.8 Å². The van der Waals surface area contributed by atoms with Crippen molar-refractivity contribution in [1.82, 2.24) is 20.0 Å². The number of anilines is 1. The number of hydrogen-bond donors (Lipinski definition) is 4. The molecule has 29 heavy (non-hydrogen) atoms. The lowest BCUT2D eigenvalue weighted by Crippen LogP contribution is -2.43. The summed E-state index contributed by atoms with van der Waals surface area (Å²) in [6.45, 7) is 1.83. The number of aromatic nitrogens is 3. The molecule has 156 valence electrons. The Morgan fingerprint density at radius 2 is 2.07 bits per heavy atom. The summed E-state index contributed by atoms with van der Waals surface area (Å²) in [5.41, 5.74) is 7.93. The number of pyridine rings is 1. The number of likely N-dealkylation sites (N-methyl/N-ethyl adjacent to an activating group) is 1. The molecule has 3 rings (SSSR count). The lowest BCUT2D eigenvalue weighted by Gasteiger charge is -2.34. The molecular formula is C18H23F2N7O2. The summed E-state index contributed by atoms with van der Waals surface area (Å²) in [6, 6.07) is 4.59. The van der Waals surface area contributed by atoms with Crippen molar-refractivity contribution in [1.29, 1.82) is 0 Å². The first-order chi connectivity index (χ1) is 13.6. The molecule has 1 saturated carbocycles. The van der Waals surface area contributed by atoms with Crippen LogP contribution in [0.25, 0.3) is 5.70 Å². The van der Waals surface area contributed by atoms with E-state index in [1.807, 2.05) is 0 Å². The zero-order chi connectivity index (χ0) is 21.2. The molecule has 1 aliphatic rings. The Bertz CT molecular complexity index is 913. The molecule has 6 N–H and O–H groups in total. The number of hydrogen-bond acceptors (Lipinski definition) is 9. The molecule has 2 heterocycles. The third kappa shape index (κ3) is 4.99. The Morgan fingerprint density at radius 1 is 1.34 bits per heavy atom. The van der Waals surface area contributed by atoms with Crippen molar-refractivity contribution in [3.8, 4) is 11.6 Å². The highest BCUT2D eigenvalue weighted by Gasteiger charge is 2.47. The van der Waals surface area contributed by atoms with Gasteiger partial charge in [-0.3, -0.25) is 0 Å². The summed E-state index contributed by atoms with van der Waals surface area (Å²) in [4.78, 5) is 12.5. The van der Waals surface area contributed by atoms with Gasteiger partial charge in [0.05, 0.1) is 29.3 Å². The Balaban J connectivity index is 1.70.